The molecular weight excluding hydrogens is 466 g/mol. The summed E-state index contributed by atoms with van der Waals surface area (Å²) in [6.45, 7) is 3.66. The highest BCUT2D eigenvalue weighted by Crippen LogP contribution is 2.26. The third kappa shape index (κ3) is 4.70. The number of pyridine rings is 1. The van der Waals surface area contributed by atoms with Crippen molar-refractivity contribution in [1.82, 2.24) is 15.0 Å². The van der Waals surface area contributed by atoms with Gasteiger partial charge in [0.2, 0.25) is 0 Å². The fourth-order valence-electron chi connectivity index (χ4n) is 4.61. The number of benzene rings is 2. The molecule has 0 radical (unpaired) electrons. The number of carbonyl (C=O) groups excluding carboxylic acids is 1. The number of ketones is 1. The second-order valence-electron chi connectivity index (χ2n) is 8.92. The number of piperazine rings is 1. The summed E-state index contributed by atoms with van der Waals surface area (Å²) < 4.78 is 0. The van der Waals surface area contributed by atoms with Crippen molar-refractivity contribution in [2.24, 2.45) is 0 Å². The van der Waals surface area contributed by atoms with E-state index < -0.39 is 0 Å². The minimum absolute atomic E-state index is 0.152. The zero-order valence-electron chi connectivity index (χ0n) is 19.7. The Hall–Kier alpha value is -4.10. The molecule has 5 aromatic rings. The number of nitrogens with zero attached hydrogens (tertiary/aromatic N) is 5. The molecular formula is C29H25N5OS. The molecule has 7 heteroatoms. The van der Waals surface area contributed by atoms with Crippen molar-refractivity contribution in [3.05, 3.63) is 101 Å². The molecule has 1 saturated heterocycles. The molecule has 2 aromatic carbocycles. The van der Waals surface area contributed by atoms with Gasteiger partial charge in [-0.2, -0.15) is 11.3 Å². The van der Waals surface area contributed by atoms with Gasteiger partial charge in [0.1, 0.15) is 5.82 Å². The van der Waals surface area contributed by atoms with E-state index in [1.165, 1.54) is 5.69 Å². The summed E-state index contributed by atoms with van der Waals surface area (Å²) in [5.74, 6) is 1.07. The molecule has 4 heterocycles. The van der Waals surface area contributed by atoms with Crippen LogP contribution in [0.2, 0.25) is 0 Å². The summed E-state index contributed by atoms with van der Waals surface area (Å²) >= 11 is 1.55. The normalized spacial score (nSPS) is 13.8. The van der Waals surface area contributed by atoms with Gasteiger partial charge in [-0.3, -0.25) is 14.8 Å². The van der Waals surface area contributed by atoms with Crippen LogP contribution in [-0.4, -0.2) is 46.9 Å². The smallest absolute Gasteiger partial charge is 0.168 e. The number of fused-ring (bicyclic) bond motifs is 1. The summed E-state index contributed by atoms with van der Waals surface area (Å²) in [6.07, 6.45) is 5.97. The predicted molar refractivity (Wildman–Crippen MR) is 146 cm³/mol. The van der Waals surface area contributed by atoms with Crippen LogP contribution in [0.5, 0.6) is 0 Å². The molecule has 178 valence electrons. The van der Waals surface area contributed by atoms with Crippen LogP contribution in [0.1, 0.15) is 15.9 Å². The van der Waals surface area contributed by atoms with Crippen LogP contribution in [0.3, 0.4) is 0 Å². The van der Waals surface area contributed by atoms with Gasteiger partial charge >= 0.3 is 0 Å². The molecule has 1 fully saturated rings. The van der Waals surface area contributed by atoms with Gasteiger partial charge in [0.25, 0.3) is 0 Å². The summed E-state index contributed by atoms with van der Waals surface area (Å²) in [5.41, 5.74) is 6.97. The number of thiophene rings is 1. The molecule has 1 aliphatic heterocycles. The lowest BCUT2D eigenvalue weighted by molar-refractivity contribution is 0.0993. The largest absolute Gasteiger partial charge is 0.368 e. The quantitative estimate of drug-likeness (QED) is 0.292. The van der Waals surface area contributed by atoms with Crippen molar-refractivity contribution >= 4 is 39.7 Å². The van der Waals surface area contributed by atoms with Gasteiger partial charge in [0, 0.05) is 61.6 Å². The zero-order valence-corrected chi connectivity index (χ0v) is 20.6. The van der Waals surface area contributed by atoms with Gasteiger partial charge in [-0.1, -0.05) is 30.3 Å². The molecule has 0 unspecified atom stereocenters. The Morgan fingerprint density at radius 1 is 0.833 bits per heavy atom. The first-order valence-electron chi connectivity index (χ1n) is 12.0. The van der Waals surface area contributed by atoms with E-state index in [1.54, 1.807) is 11.3 Å². The van der Waals surface area contributed by atoms with E-state index in [-0.39, 0.29) is 5.78 Å². The topological polar surface area (TPSA) is 62.2 Å². The first kappa shape index (κ1) is 22.4. The summed E-state index contributed by atoms with van der Waals surface area (Å²) in [5, 5.41) is 3.84. The van der Waals surface area contributed by atoms with Gasteiger partial charge in [0.15, 0.2) is 5.78 Å². The average Bonchev–Trinajstić information content (AvgIpc) is 3.49. The van der Waals surface area contributed by atoms with E-state index in [2.05, 4.69) is 56.2 Å². The van der Waals surface area contributed by atoms with E-state index in [0.717, 1.165) is 65.3 Å². The van der Waals surface area contributed by atoms with Crippen molar-refractivity contribution in [1.29, 1.82) is 0 Å². The SMILES string of the molecule is O=C(Cc1ccc(-c2ccc3ncc(N4CCN(c5ccncc5)CC4)nc3c2)cc1)c1ccsc1. The maximum absolute atomic E-state index is 12.4. The van der Waals surface area contributed by atoms with E-state index in [1.807, 2.05) is 53.6 Å². The monoisotopic (exact) mass is 491 g/mol. The van der Waals surface area contributed by atoms with Crippen LogP contribution < -0.4 is 9.80 Å². The van der Waals surface area contributed by atoms with Crippen molar-refractivity contribution in [2.75, 3.05) is 36.0 Å². The average molecular weight is 492 g/mol. The third-order valence-electron chi connectivity index (χ3n) is 6.66. The molecule has 36 heavy (non-hydrogen) atoms. The molecule has 0 spiro atoms. The lowest BCUT2D eigenvalue weighted by Crippen LogP contribution is -2.46. The van der Waals surface area contributed by atoms with Crippen LogP contribution in [0, 0.1) is 0 Å². The van der Waals surface area contributed by atoms with Crippen molar-refractivity contribution in [3.8, 4) is 11.1 Å². The van der Waals surface area contributed by atoms with E-state index >= 15 is 0 Å². The number of rotatable bonds is 6. The van der Waals surface area contributed by atoms with Gasteiger partial charge in [-0.25, -0.2) is 4.98 Å². The van der Waals surface area contributed by atoms with Crippen molar-refractivity contribution < 1.29 is 4.79 Å². The number of hydrogen-bond acceptors (Lipinski definition) is 7. The van der Waals surface area contributed by atoms with Gasteiger partial charge in [-0.05, 0) is 52.4 Å². The minimum Gasteiger partial charge on any atom is -0.368 e. The van der Waals surface area contributed by atoms with Gasteiger partial charge in [0.05, 0.1) is 17.2 Å². The molecule has 6 nitrogen and oxygen atoms in total. The number of carbonyl (C=O) groups is 1. The Morgan fingerprint density at radius 3 is 2.33 bits per heavy atom. The molecule has 6 rings (SSSR count). The fraction of sp³-hybridized carbons (Fsp3) is 0.172. The molecule has 3 aromatic heterocycles. The molecule has 0 aliphatic carbocycles. The highest BCUT2D eigenvalue weighted by molar-refractivity contribution is 7.08. The van der Waals surface area contributed by atoms with E-state index in [0.29, 0.717) is 6.42 Å². The minimum atomic E-state index is 0.152. The van der Waals surface area contributed by atoms with Crippen LogP contribution in [-0.2, 0) is 6.42 Å². The maximum Gasteiger partial charge on any atom is 0.168 e. The Balaban J connectivity index is 1.17. The Morgan fingerprint density at radius 2 is 1.58 bits per heavy atom. The highest BCUT2D eigenvalue weighted by atomic mass is 32.1. The Labute approximate surface area is 213 Å². The lowest BCUT2D eigenvalue weighted by atomic mass is 10.00. The Bertz CT molecular complexity index is 1480. The van der Waals surface area contributed by atoms with Crippen LogP contribution in [0.4, 0.5) is 11.5 Å². The molecule has 0 N–H and O–H groups in total. The lowest BCUT2D eigenvalue weighted by Gasteiger charge is -2.36. The molecule has 0 saturated carbocycles. The van der Waals surface area contributed by atoms with Crippen molar-refractivity contribution in [2.45, 2.75) is 6.42 Å². The van der Waals surface area contributed by atoms with Gasteiger partial charge in [-0.15, -0.1) is 0 Å². The fourth-order valence-corrected chi connectivity index (χ4v) is 5.27. The molecule has 0 atom stereocenters. The number of Topliss-reactive ketones (excluding diaryl/α,β-unsaturated/α-hetero) is 1. The van der Waals surface area contributed by atoms with Crippen LogP contribution >= 0.6 is 11.3 Å². The van der Waals surface area contributed by atoms with Gasteiger partial charge < -0.3 is 9.80 Å². The summed E-state index contributed by atoms with van der Waals surface area (Å²) in [7, 11) is 0. The Kier molecular flexibility index (Phi) is 6.13. The number of hydrogen-bond donors (Lipinski definition) is 0. The standard InChI is InChI=1S/C29H25N5OS/c35-28(24-9-16-36-20-24)17-21-1-3-22(4-2-21)23-5-6-26-27(18-23)32-29(19-31-26)34-14-12-33(13-15-34)25-7-10-30-11-8-25/h1-11,16,18-20H,12-15,17H2. The first-order valence-corrected chi connectivity index (χ1v) is 13.0. The molecule has 1 aliphatic rings. The van der Waals surface area contributed by atoms with Crippen LogP contribution in [0.25, 0.3) is 22.2 Å². The zero-order chi connectivity index (χ0) is 24.3. The van der Waals surface area contributed by atoms with Crippen LogP contribution in [0.15, 0.2) is 90.0 Å². The highest BCUT2D eigenvalue weighted by Gasteiger charge is 2.19. The second-order valence-corrected chi connectivity index (χ2v) is 9.70. The van der Waals surface area contributed by atoms with E-state index in [4.69, 9.17) is 4.98 Å². The third-order valence-corrected chi connectivity index (χ3v) is 7.34. The summed E-state index contributed by atoms with van der Waals surface area (Å²) in [4.78, 5) is 30.8. The predicted octanol–water partition coefficient (Wildman–Crippen LogP) is 5.51. The summed E-state index contributed by atoms with van der Waals surface area (Å²) in [6, 6.07) is 20.4. The van der Waals surface area contributed by atoms with E-state index in [9.17, 15) is 4.79 Å². The molecule has 0 bridgehead atoms. The molecule has 0 amide bonds. The number of aromatic nitrogens is 3. The first-order chi connectivity index (χ1) is 17.7. The maximum atomic E-state index is 12.4. The second kappa shape index (κ2) is 9.87. The van der Waals surface area contributed by atoms with Crippen molar-refractivity contribution in [3.63, 3.8) is 0 Å². The number of anilines is 2.